The maximum atomic E-state index is 4.22. The fourth-order valence-corrected chi connectivity index (χ4v) is 2.01. The molecule has 11 heavy (non-hydrogen) atoms. The fourth-order valence-electron chi connectivity index (χ4n) is 0.852. The molecule has 0 saturated heterocycles. The summed E-state index contributed by atoms with van der Waals surface area (Å²) < 4.78 is 2.09. The molecule has 2 nitrogen and oxygen atoms in total. The van der Waals surface area contributed by atoms with E-state index in [4.69, 9.17) is 0 Å². The van der Waals surface area contributed by atoms with E-state index < -0.39 is 0 Å². The molecule has 0 bridgehead atoms. The minimum atomic E-state index is 1.05. The van der Waals surface area contributed by atoms with Crippen LogP contribution in [-0.4, -0.2) is 17.5 Å². The van der Waals surface area contributed by atoms with Gasteiger partial charge in [0.1, 0.15) is 6.20 Å². The van der Waals surface area contributed by atoms with Crippen molar-refractivity contribution in [1.82, 2.24) is 4.98 Å². The Balaban J connectivity index is 3.10. The van der Waals surface area contributed by atoms with Crippen LogP contribution in [0.5, 0.6) is 0 Å². The van der Waals surface area contributed by atoms with E-state index in [1.165, 1.54) is 5.03 Å². The molecule has 0 aliphatic carbocycles. The van der Waals surface area contributed by atoms with E-state index in [1.807, 2.05) is 25.6 Å². The van der Waals surface area contributed by atoms with Crippen LogP contribution in [0.3, 0.4) is 0 Å². The Bertz CT molecular complexity index is 228. The van der Waals surface area contributed by atoms with Crippen molar-refractivity contribution >= 4 is 23.5 Å². The van der Waals surface area contributed by atoms with Crippen molar-refractivity contribution in [3.63, 3.8) is 0 Å². The first-order chi connectivity index (χ1) is 5.29. The minimum Gasteiger partial charge on any atom is -0.215 e. The number of nitrogens with zero attached hydrogens (tertiary/aromatic N) is 2. The van der Waals surface area contributed by atoms with Crippen molar-refractivity contribution in [2.75, 3.05) is 12.5 Å². The second-order valence-corrected chi connectivity index (χ2v) is 3.63. The second kappa shape index (κ2) is 3.97. The molecule has 4 heteroatoms. The predicted octanol–water partition coefficient (Wildman–Crippen LogP) is 1.35. The van der Waals surface area contributed by atoms with Gasteiger partial charge in [0.05, 0.1) is 7.05 Å². The van der Waals surface area contributed by atoms with E-state index in [-0.39, 0.29) is 0 Å². The van der Waals surface area contributed by atoms with Gasteiger partial charge in [-0.25, -0.2) is 4.57 Å². The molecule has 0 aromatic carbocycles. The van der Waals surface area contributed by atoms with Crippen LogP contribution in [0, 0.1) is 0 Å². The number of thioether (sulfide) groups is 2. The summed E-state index contributed by atoms with van der Waals surface area (Å²) in [5.74, 6) is 0. The van der Waals surface area contributed by atoms with E-state index in [2.05, 4.69) is 15.8 Å². The van der Waals surface area contributed by atoms with Crippen LogP contribution in [0.4, 0.5) is 0 Å². The van der Waals surface area contributed by atoms with Crippen molar-refractivity contribution in [3.05, 3.63) is 12.3 Å². The van der Waals surface area contributed by atoms with Gasteiger partial charge in [-0.2, -0.15) is 0 Å². The Kier molecular flexibility index (Phi) is 3.20. The maximum absolute atomic E-state index is 4.22. The van der Waals surface area contributed by atoms with Crippen LogP contribution in [-0.2, 0) is 7.05 Å². The normalized spacial score (nSPS) is 10.1. The van der Waals surface area contributed by atoms with E-state index in [0.717, 1.165) is 5.16 Å². The lowest BCUT2D eigenvalue weighted by Gasteiger charge is -1.98. The Hall–Kier alpha value is -0.220. The van der Waals surface area contributed by atoms with Gasteiger partial charge >= 0.3 is 5.16 Å². The molecular weight excluding hydrogens is 176 g/mol. The van der Waals surface area contributed by atoms with Gasteiger partial charge in [-0.3, -0.25) is 0 Å². The zero-order chi connectivity index (χ0) is 8.27. The molecule has 1 aromatic rings. The van der Waals surface area contributed by atoms with Crippen LogP contribution in [0.25, 0.3) is 0 Å². The van der Waals surface area contributed by atoms with E-state index in [9.17, 15) is 0 Å². The first kappa shape index (κ1) is 8.87. The minimum absolute atomic E-state index is 1.05. The average Bonchev–Trinajstić information content (AvgIpc) is 2.05. The standard InChI is InChI=1S/C7H11N2S2/c1-9-6(10-2)4-5-8-7(9)11-3/h4-5H,1-3H3/q+1. The largest absolute Gasteiger partial charge is 0.359 e. The highest BCUT2D eigenvalue weighted by Gasteiger charge is 2.09. The quantitative estimate of drug-likeness (QED) is 0.301. The van der Waals surface area contributed by atoms with Crippen molar-refractivity contribution < 1.29 is 4.57 Å². The van der Waals surface area contributed by atoms with Gasteiger partial charge < -0.3 is 0 Å². The second-order valence-electron chi connectivity index (χ2n) is 2.03. The molecule has 0 fully saturated rings. The van der Waals surface area contributed by atoms with E-state index in [0.29, 0.717) is 0 Å². The third-order valence-corrected chi connectivity index (χ3v) is 2.98. The Morgan fingerprint density at radius 3 is 2.64 bits per heavy atom. The molecule has 1 rings (SSSR count). The molecule has 0 spiro atoms. The molecule has 0 unspecified atom stereocenters. The zero-order valence-electron chi connectivity index (χ0n) is 6.87. The van der Waals surface area contributed by atoms with E-state index in [1.54, 1.807) is 23.5 Å². The Morgan fingerprint density at radius 1 is 1.36 bits per heavy atom. The molecule has 0 amide bonds. The molecule has 0 radical (unpaired) electrons. The van der Waals surface area contributed by atoms with Crippen LogP contribution >= 0.6 is 23.5 Å². The first-order valence-corrected chi connectivity index (χ1v) is 5.67. The van der Waals surface area contributed by atoms with Crippen molar-refractivity contribution in [2.24, 2.45) is 7.05 Å². The summed E-state index contributed by atoms with van der Waals surface area (Å²) >= 11 is 3.40. The summed E-state index contributed by atoms with van der Waals surface area (Å²) in [6.07, 6.45) is 5.95. The number of aromatic nitrogens is 2. The zero-order valence-corrected chi connectivity index (χ0v) is 8.50. The molecule has 0 aliphatic heterocycles. The van der Waals surface area contributed by atoms with Crippen LogP contribution < -0.4 is 4.57 Å². The van der Waals surface area contributed by atoms with Gasteiger partial charge in [-0.05, 0) is 29.3 Å². The van der Waals surface area contributed by atoms with Crippen molar-refractivity contribution in [2.45, 2.75) is 10.2 Å². The number of hydrogen-bond donors (Lipinski definition) is 0. The molecular formula is C7H11N2S2+. The predicted molar refractivity (Wildman–Crippen MR) is 49.0 cm³/mol. The van der Waals surface area contributed by atoms with Crippen LogP contribution in [0.1, 0.15) is 0 Å². The lowest BCUT2D eigenvalue weighted by atomic mass is 10.7. The fraction of sp³-hybridized carbons (Fsp3) is 0.429. The highest BCUT2D eigenvalue weighted by Crippen LogP contribution is 2.11. The molecule has 60 valence electrons. The number of rotatable bonds is 2. The summed E-state index contributed by atoms with van der Waals surface area (Å²) in [6, 6.07) is 2.02. The lowest BCUT2D eigenvalue weighted by molar-refractivity contribution is -0.748. The van der Waals surface area contributed by atoms with Gasteiger partial charge in [0.25, 0.3) is 0 Å². The topological polar surface area (TPSA) is 16.8 Å². The third-order valence-electron chi connectivity index (χ3n) is 1.41. The SMILES string of the molecule is CSc1ccnc(SC)[n+]1C. The smallest absolute Gasteiger partial charge is 0.215 e. The van der Waals surface area contributed by atoms with Crippen molar-refractivity contribution in [1.29, 1.82) is 0 Å². The monoisotopic (exact) mass is 187 g/mol. The Labute approximate surface area is 75.4 Å². The molecule has 0 N–H and O–H groups in total. The summed E-state index contributed by atoms with van der Waals surface area (Å²) in [5.41, 5.74) is 0. The summed E-state index contributed by atoms with van der Waals surface area (Å²) in [6.45, 7) is 0. The lowest BCUT2D eigenvalue weighted by Crippen LogP contribution is -2.34. The van der Waals surface area contributed by atoms with Gasteiger partial charge in [0, 0.05) is 6.07 Å². The van der Waals surface area contributed by atoms with Crippen molar-refractivity contribution in [3.8, 4) is 0 Å². The first-order valence-electron chi connectivity index (χ1n) is 3.22. The van der Waals surface area contributed by atoms with Gasteiger partial charge in [0.15, 0.2) is 5.03 Å². The molecule has 0 saturated carbocycles. The third kappa shape index (κ3) is 1.87. The van der Waals surface area contributed by atoms with Crippen LogP contribution in [0.2, 0.25) is 0 Å². The van der Waals surface area contributed by atoms with Crippen LogP contribution in [0.15, 0.2) is 22.4 Å². The summed E-state index contributed by atoms with van der Waals surface area (Å²) in [4.78, 5) is 4.22. The maximum Gasteiger partial charge on any atom is 0.359 e. The molecule has 0 aliphatic rings. The van der Waals surface area contributed by atoms with Gasteiger partial charge in [-0.15, -0.1) is 0 Å². The number of hydrogen-bond acceptors (Lipinski definition) is 3. The molecule has 1 heterocycles. The Morgan fingerprint density at radius 2 is 2.09 bits per heavy atom. The molecule has 1 aromatic heterocycles. The highest BCUT2D eigenvalue weighted by molar-refractivity contribution is 7.98. The summed E-state index contributed by atoms with van der Waals surface area (Å²) in [7, 11) is 2.03. The highest BCUT2D eigenvalue weighted by atomic mass is 32.2. The average molecular weight is 187 g/mol. The summed E-state index contributed by atoms with van der Waals surface area (Å²) in [5, 5.41) is 2.29. The van der Waals surface area contributed by atoms with Gasteiger partial charge in [0.2, 0.25) is 0 Å². The van der Waals surface area contributed by atoms with E-state index >= 15 is 0 Å². The molecule has 0 atom stereocenters. The van der Waals surface area contributed by atoms with Gasteiger partial charge in [-0.1, -0.05) is 11.8 Å².